The van der Waals surface area contributed by atoms with Crippen molar-refractivity contribution in [2.24, 2.45) is 0 Å². The van der Waals surface area contributed by atoms with E-state index in [0.717, 1.165) is 27.4 Å². The number of sulfonamides is 1. The Kier molecular flexibility index (Phi) is 10.2. The van der Waals surface area contributed by atoms with Crippen LogP contribution in [0.25, 0.3) is 0 Å². The number of rotatable bonds is 11. The first-order valence-corrected chi connectivity index (χ1v) is 14.7. The van der Waals surface area contributed by atoms with E-state index in [1.807, 2.05) is 39.8 Å². The van der Waals surface area contributed by atoms with E-state index in [-0.39, 0.29) is 23.4 Å². The summed E-state index contributed by atoms with van der Waals surface area (Å²) < 4.78 is 28.8. The van der Waals surface area contributed by atoms with Crippen molar-refractivity contribution < 1.29 is 18.0 Å². The summed E-state index contributed by atoms with van der Waals surface area (Å²) in [6.45, 7) is 8.84. The van der Waals surface area contributed by atoms with E-state index in [2.05, 4.69) is 5.32 Å². The van der Waals surface area contributed by atoms with Crippen molar-refractivity contribution in [1.82, 2.24) is 10.2 Å². The lowest BCUT2D eigenvalue weighted by atomic mass is 10.1. The summed E-state index contributed by atoms with van der Waals surface area (Å²) in [4.78, 5) is 28.6. The van der Waals surface area contributed by atoms with E-state index in [1.54, 1.807) is 55.5 Å². The second-order valence-corrected chi connectivity index (χ2v) is 12.1. The van der Waals surface area contributed by atoms with E-state index in [4.69, 9.17) is 11.6 Å². The van der Waals surface area contributed by atoms with Gasteiger partial charge < -0.3 is 10.2 Å². The molecule has 9 heteroatoms. The summed E-state index contributed by atoms with van der Waals surface area (Å²) in [5.74, 6) is -0.830. The lowest BCUT2D eigenvalue weighted by Crippen LogP contribution is -2.52. The van der Waals surface area contributed by atoms with Crippen molar-refractivity contribution in [2.45, 2.75) is 64.6 Å². The summed E-state index contributed by atoms with van der Waals surface area (Å²) in [7, 11) is -4.10. The molecule has 3 aromatic carbocycles. The van der Waals surface area contributed by atoms with Crippen LogP contribution in [-0.2, 0) is 26.2 Å². The van der Waals surface area contributed by atoms with Crippen LogP contribution in [-0.4, -0.2) is 43.8 Å². The molecule has 0 spiro atoms. The SMILES string of the molecule is CC[C@@H](C)NC(=O)[C@H](C)N(Cc1cccc(Cl)c1)C(=O)CN(c1cc(C)cc(C)c1)S(=O)(=O)c1ccccc1. The largest absolute Gasteiger partial charge is 0.352 e. The zero-order chi connectivity index (χ0) is 28.7. The van der Waals surface area contributed by atoms with Gasteiger partial charge in [-0.25, -0.2) is 8.42 Å². The third kappa shape index (κ3) is 7.83. The number of anilines is 1. The minimum absolute atomic E-state index is 0.0703. The van der Waals surface area contributed by atoms with Gasteiger partial charge in [0.15, 0.2) is 0 Å². The zero-order valence-electron chi connectivity index (χ0n) is 23.0. The van der Waals surface area contributed by atoms with E-state index >= 15 is 0 Å². The van der Waals surface area contributed by atoms with Gasteiger partial charge in [-0.3, -0.25) is 13.9 Å². The molecule has 3 aromatic rings. The number of carbonyl (C=O) groups is 2. The third-order valence-electron chi connectivity index (χ3n) is 6.51. The van der Waals surface area contributed by atoms with Crippen LogP contribution < -0.4 is 9.62 Å². The average Bonchev–Trinajstić information content (AvgIpc) is 2.89. The normalized spacial score (nSPS) is 12.9. The van der Waals surface area contributed by atoms with Gasteiger partial charge >= 0.3 is 0 Å². The standard InChI is InChI=1S/C30H36ClN3O4S/c1-6-23(4)32-30(36)24(5)33(19-25-11-10-12-26(31)18-25)29(35)20-34(27-16-21(2)15-22(3)17-27)39(37,38)28-13-8-7-9-14-28/h7-18,23-24H,6,19-20H2,1-5H3,(H,32,36)/t23-,24+/m1/s1. The lowest BCUT2D eigenvalue weighted by molar-refractivity contribution is -0.139. The highest BCUT2D eigenvalue weighted by Crippen LogP contribution is 2.27. The summed E-state index contributed by atoms with van der Waals surface area (Å²) in [5.41, 5.74) is 2.83. The maximum Gasteiger partial charge on any atom is 0.264 e. The first kappa shape index (κ1) is 30.2. The van der Waals surface area contributed by atoms with Gasteiger partial charge in [0.1, 0.15) is 12.6 Å². The van der Waals surface area contributed by atoms with Gasteiger partial charge in [-0.05, 0) is 87.2 Å². The van der Waals surface area contributed by atoms with Crippen LogP contribution in [0.4, 0.5) is 5.69 Å². The molecule has 39 heavy (non-hydrogen) atoms. The van der Waals surface area contributed by atoms with Crippen molar-refractivity contribution >= 4 is 39.1 Å². The molecule has 0 unspecified atom stereocenters. The smallest absolute Gasteiger partial charge is 0.264 e. The predicted molar refractivity (Wildman–Crippen MR) is 156 cm³/mol. The molecule has 0 fully saturated rings. The van der Waals surface area contributed by atoms with Crippen LogP contribution in [0.15, 0.2) is 77.7 Å². The molecule has 0 heterocycles. The van der Waals surface area contributed by atoms with Crippen molar-refractivity contribution in [3.8, 4) is 0 Å². The number of aryl methyl sites for hydroxylation is 2. The number of carbonyl (C=O) groups excluding carboxylic acids is 2. The maximum atomic E-state index is 14.0. The number of amides is 2. The second kappa shape index (κ2) is 13.1. The Hall–Kier alpha value is -3.36. The van der Waals surface area contributed by atoms with Crippen LogP contribution in [0.5, 0.6) is 0 Å². The second-order valence-electron chi connectivity index (χ2n) is 9.82. The van der Waals surface area contributed by atoms with Gasteiger partial charge in [-0.1, -0.05) is 54.9 Å². The fourth-order valence-corrected chi connectivity index (χ4v) is 5.86. The number of halogens is 1. The number of hydrogen-bond donors (Lipinski definition) is 1. The van der Waals surface area contributed by atoms with Gasteiger partial charge in [0, 0.05) is 17.6 Å². The highest BCUT2D eigenvalue weighted by molar-refractivity contribution is 7.92. The molecule has 0 saturated carbocycles. The first-order chi connectivity index (χ1) is 18.4. The topological polar surface area (TPSA) is 86.8 Å². The highest BCUT2D eigenvalue weighted by atomic mass is 35.5. The Morgan fingerprint density at radius 3 is 2.15 bits per heavy atom. The van der Waals surface area contributed by atoms with E-state index in [9.17, 15) is 18.0 Å². The van der Waals surface area contributed by atoms with E-state index < -0.39 is 28.5 Å². The van der Waals surface area contributed by atoms with Crippen LogP contribution in [0.2, 0.25) is 5.02 Å². The molecule has 3 rings (SSSR count). The summed E-state index contributed by atoms with van der Waals surface area (Å²) in [6.07, 6.45) is 0.733. The molecule has 0 bridgehead atoms. The molecule has 0 aliphatic heterocycles. The van der Waals surface area contributed by atoms with E-state index in [1.165, 1.54) is 17.0 Å². The number of benzene rings is 3. The van der Waals surface area contributed by atoms with E-state index in [0.29, 0.717) is 10.7 Å². The lowest BCUT2D eigenvalue weighted by Gasteiger charge is -2.32. The Balaban J connectivity index is 2.05. The molecule has 2 atom stereocenters. The molecule has 0 aliphatic carbocycles. The van der Waals surface area contributed by atoms with Crippen molar-refractivity contribution in [1.29, 1.82) is 0 Å². The Morgan fingerprint density at radius 1 is 0.923 bits per heavy atom. The Bertz CT molecular complexity index is 1390. The van der Waals surface area contributed by atoms with Crippen molar-refractivity contribution in [3.63, 3.8) is 0 Å². The molecule has 1 N–H and O–H groups in total. The molecule has 7 nitrogen and oxygen atoms in total. The maximum absolute atomic E-state index is 14.0. The Labute approximate surface area is 236 Å². The van der Waals surface area contributed by atoms with Gasteiger partial charge in [-0.15, -0.1) is 0 Å². The molecule has 0 saturated heterocycles. The molecule has 0 aromatic heterocycles. The van der Waals surface area contributed by atoms with Crippen LogP contribution >= 0.6 is 11.6 Å². The van der Waals surface area contributed by atoms with Crippen molar-refractivity contribution in [3.05, 3.63) is 94.5 Å². The van der Waals surface area contributed by atoms with Gasteiger partial charge in [-0.2, -0.15) is 0 Å². The van der Waals surface area contributed by atoms with Crippen LogP contribution in [0.1, 0.15) is 43.9 Å². The van der Waals surface area contributed by atoms with Gasteiger partial charge in [0.05, 0.1) is 10.6 Å². The van der Waals surface area contributed by atoms with Crippen LogP contribution in [0.3, 0.4) is 0 Å². The molecule has 208 valence electrons. The number of nitrogens with zero attached hydrogens (tertiary/aromatic N) is 2. The minimum atomic E-state index is -4.10. The number of nitrogens with one attached hydrogen (secondary N) is 1. The van der Waals surface area contributed by atoms with Gasteiger partial charge in [0.2, 0.25) is 11.8 Å². The fourth-order valence-electron chi connectivity index (χ4n) is 4.22. The average molecular weight is 570 g/mol. The molecular formula is C30H36ClN3O4S. The summed E-state index contributed by atoms with van der Waals surface area (Å²) in [6, 6.07) is 19.5. The molecule has 0 aliphatic rings. The zero-order valence-corrected chi connectivity index (χ0v) is 24.6. The predicted octanol–water partition coefficient (Wildman–Crippen LogP) is 5.48. The Morgan fingerprint density at radius 2 is 1.56 bits per heavy atom. The highest BCUT2D eigenvalue weighted by Gasteiger charge is 2.33. The third-order valence-corrected chi connectivity index (χ3v) is 8.54. The molecular weight excluding hydrogens is 534 g/mol. The monoisotopic (exact) mass is 569 g/mol. The fraction of sp³-hybridized carbons (Fsp3) is 0.333. The molecule has 2 amide bonds. The number of hydrogen-bond acceptors (Lipinski definition) is 4. The summed E-state index contributed by atoms with van der Waals surface area (Å²) in [5, 5.41) is 3.43. The molecule has 0 radical (unpaired) electrons. The van der Waals surface area contributed by atoms with Crippen molar-refractivity contribution in [2.75, 3.05) is 10.8 Å². The van der Waals surface area contributed by atoms with Crippen LogP contribution in [0, 0.1) is 13.8 Å². The summed E-state index contributed by atoms with van der Waals surface area (Å²) >= 11 is 6.19. The first-order valence-electron chi connectivity index (χ1n) is 12.9. The quantitative estimate of drug-likeness (QED) is 0.331. The minimum Gasteiger partial charge on any atom is -0.352 e. The van der Waals surface area contributed by atoms with Gasteiger partial charge in [0.25, 0.3) is 10.0 Å².